The SMILES string of the molecule is C[C@H]1CCCC[C@@H]1NC(=O)Cn1cnc2ccccc2c1=O. The van der Waals surface area contributed by atoms with Gasteiger partial charge in [-0.05, 0) is 30.9 Å². The molecule has 0 bridgehead atoms. The summed E-state index contributed by atoms with van der Waals surface area (Å²) in [4.78, 5) is 28.8. The van der Waals surface area contributed by atoms with Gasteiger partial charge >= 0.3 is 0 Å². The van der Waals surface area contributed by atoms with Crippen molar-refractivity contribution in [3.8, 4) is 0 Å². The Morgan fingerprint density at radius 1 is 1.32 bits per heavy atom. The quantitative estimate of drug-likeness (QED) is 0.944. The van der Waals surface area contributed by atoms with Crippen LogP contribution in [0.4, 0.5) is 0 Å². The minimum Gasteiger partial charge on any atom is -0.352 e. The second kappa shape index (κ2) is 6.30. The molecule has 1 aliphatic carbocycles. The van der Waals surface area contributed by atoms with Gasteiger partial charge in [0, 0.05) is 6.04 Å². The molecule has 1 heterocycles. The summed E-state index contributed by atoms with van der Waals surface area (Å²) in [6, 6.07) is 7.41. The first-order valence-corrected chi connectivity index (χ1v) is 7.88. The Labute approximate surface area is 129 Å². The van der Waals surface area contributed by atoms with Gasteiger partial charge in [-0.15, -0.1) is 0 Å². The summed E-state index contributed by atoms with van der Waals surface area (Å²) in [6.07, 6.45) is 6.03. The number of hydrogen-bond acceptors (Lipinski definition) is 3. The molecule has 1 N–H and O–H groups in total. The largest absolute Gasteiger partial charge is 0.352 e. The van der Waals surface area contributed by atoms with Gasteiger partial charge in [0.25, 0.3) is 5.56 Å². The van der Waals surface area contributed by atoms with Crippen LogP contribution in [0.2, 0.25) is 0 Å². The minimum absolute atomic E-state index is 0.0277. The maximum absolute atomic E-state index is 12.4. The van der Waals surface area contributed by atoms with E-state index in [2.05, 4.69) is 17.2 Å². The Bertz CT molecular complexity index is 738. The van der Waals surface area contributed by atoms with Gasteiger partial charge in [0.05, 0.1) is 17.2 Å². The molecule has 0 saturated heterocycles. The number of para-hydroxylation sites is 1. The number of rotatable bonds is 3. The predicted molar refractivity (Wildman–Crippen MR) is 85.6 cm³/mol. The molecule has 1 aromatic heterocycles. The van der Waals surface area contributed by atoms with Crippen LogP contribution < -0.4 is 10.9 Å². The van der Waals surface area contributed by atoms with E-state index in [9.17, 15) is 9.59 Å². The average molecular weight is 299 g/mol. The molecule has 116 valence electrons. The molecule has 5 heteroatoms. The number of nitrogens with zero attached hydrogens (tertiary/aromatic N) is 2. The van der Waals surface area contributed by atoms with Crippen LogP contribution in [0.15, 0.2) is 35.4 Å². The summed E-state index contributed by atoms with van der Waals surface area (Å²) in [5.41, 5.74) is 0.488. The molecule has 0 spiro atoms. The summed E-state index contributed by atoms with van der Waals surface area (Å²) in [5.74, 6) is 0.391. The molecule has 1 aliphatic rings. The standard InChI is InChI=1S/C17H21N3O2/c1-12-6-2-4-8-14(12)19-16(21)10-20-11-18-15-9-5-3-7-13(15)17(20)22/h3,5,7,9,11-12,14H,2,4,6,8,10H2,1H3,(H,19,21)/t12-,14-/m0/s1. The smallest absolute Gasteiger partial charge is 0.261 e. The first kappa shape index (κ1) is 14.8. The van der Waals surface area contributed by atoms with Crippen molar-refractivity contribution in [3.63, 3.8) is 0 Å². The van der Waals surface area contributed by atoms with Crippen LogP contribution >= 0.6 is 0 Å². The number of nitrogens with one attached hydrogen (secondary N) is 1. The number of fused-ring (bicyclic) bond motifs is 1. The van der Waals surface area contributed by atoms with Crippen LogP contribution in [0.1, 0.15) is 32.6 Å². The lowest BCUT2D eigenvalue weighted by molar-refractivity contribution is -0.123. The molecule has 0 aliphatic heterocycles. The molecule has 2 aromatic rings. The molecule has 0 unspecified atom stereocenters. The van der Waals surface area contributed by atoms with Crippen molar-refractivity contribution in [2.75, 3.05) is 0 Å². The number of hydrogen-bond donors (Lipinski definition) is 1. The maximum Gasteiger partial charge on any atom is 0.261 e. The van der Waals surface area contributed by atoms with E-state index in [1.807, 2.05) is 6.07 Å². The number of benzene rings is 1. The van der Waals surface area contributed by atoms with E-state index >= 15 is 0 Å². The molecule has 5 nitrogen and oxygen atoms in total. The second-order valence-electron chi connectivity index (χ2n) is 6.13. The highest BCUT2D eigenvalue weighted by Crippen LogP contribution is 2.23. The van der Waals surface area contributed by atoms with Crippen molar-refractivity contribution in [3.05, 3.63) is 40.9 Å². The zero-order chi connectivity index (χ0) is 15.5. The van der Waals surface area contributed by atoms with Crippen molar-refractivity contribution in [1.29, 1.82) is 0 Å². The number of carbonyl (C=O) groups excluding carboxylic acids is 1. The van der Waals surface area contributed by atoms with Crippen molar-refractivity contribution >= 4 is 16.8 Å². The van der Waals surface area contributed by atoms with E-state index in [1.165, 1.54) is 17.3 Å². The normalized spacial score (nSPS) is 21.7. The van der Waals surface area contributed by atoms with Gasteiger partial charge in [-0.2, -0.15) is 0 Å². The van der Waals surface area contributed by atoms with Crippen molar-refractivity contribution in [1.82, 2.24) is 14.9 Å². The molecular formula is C17H21N3O2. The zero-order valence-corrected chi connectivity index (χ0v) is 12.8. The average Bonchev–Trinajstić information content (AvgIpc) is 2.53. The molecule has 1 aromatic carbocycles. The third-order valence-electron chi connectivity index (χ3n) is 4.50. The number of carbonyl (C=O) groups is 1. The van der Waals surface area contributed by atoms with Gasteiger partial charge in [0.15, 0.2) is 0 Å². The molecule has 1 saturated carbocycles. The summed E-state index contributed by atoms with van der Waals surface area (Å²) in [7, 11) is 0. The van der Waals surface area contributed by atoms with Crippen LogP contribution in [-0.2, 0) is 11.3 Å². The topological polar surface area (TPSA) is 64.0 Å². The van der Waals surface area contributed by atoms with Gasteiger partial charge < -0.3 is 5.32 Å². The molecule has 22 heavy (non-hydrogen) atoms. The highest BCUT2D eigenvalue weighted by molar-refractivity contribution is 5.79. The summed E-state index contributed by atoms with van der Waals surface area (Å²) in [5, 5.41) is 3.61. The third kappa shape index (κ3) is 3.03. The fraction of sp³-hybridized carbons (Fsp3) is 0.471. The molecule has 0 radical (unpaired) electrons. The Morgan fingerprint density at radius 2 is 2.09 bits per heavy atom. The van der Waals surface area contributed by atoms with Crippen molar-refractivity contribution in [2.45, 2.75) is 45.2 Å². The van der Waals surface area contributed by atoms with E-state index in [4.69, 9.17) is 0 Å². The van der Waals surface area contributed by atoms with Gasteiger partial charge in [-0.25, -0.2) is 4.98 Å². The van der Waals surface area contributed by atoms with Crippen LogP contribution in [-0.4, -0.2) is 21.5 Å². The zero-order valence-electron chi connectivity index (χ0n) is 12.8. The summed E-state index contributed by atoms with van der Waals surface area (Å²) in [6.45, 7) is 2.20. The van der Waals surface area contributed by atoms with E-state index in [1.54, 1.807) is 18.2 Å². The van der Waals surface area contributed by atoms with Gasteiger partial charge in [-0.3, -0.25) is 14.2 Å². The molecule has 1 fully saturated rings. The summed E-state index contributed by atoms with van der Waals surface area (Å²) < 4.78 is 1.38. The fourth-order valence-corrected chi connectivity index (χ4v) is 3.16. The lowest BCUT2D eigenvalue weighted by Crippen LogP contribution is -2.43. The van der Waals surface area contributed by atoms with Gasteiger partial charge in [-0.1, -0.05) is 31.9 Å². The van der Waals surface area contributed by atoms with E-state index < -0.39 is 0 Å². The Balaban J connectivity index is 1.74. The minimum atomic E-state index is -0.169. The van der Waals surface area contributed by atoms with E-state index in [-0.39, 0.29) is 24.1 Å². The monoisotopic (exact) mass is 299 g/mol. The van der Waals surface area contributed by atoms with Crippen LogP contribution in [0, 0.1) is 5.92 Å². The molecular weight excluding hydrogens is 278 g/mol. The van der Waals surface area contributed by atoms with Gasteiger partial charge in [0.1, 0.15) is 6.54 Å². The van der Waals surface area contributed by atoms with Crippen LogP contribution in [0.25, 0.3) is 10.9 Å². The van der Waals surface area contributed by atoms with E-state index in [0.717, 1.165) is 19.3 Å². The van der Waals surface area contributed by atoms with Gasteiger partial charge in [0.2, 0.25) is 5.91 Å². The lowest BCUT2D eigenvalue weighted by atomic mass is 9.86. The fourth-order valence-electron chi connectivity index (χ4n) is 3.16. The molecule has 1 amide bonds. The highest BCUT2D eigenvalue weighted by Gasteiger charge is 2.22. The first-order chi connectivity index (χ1) is 10.6. The maximum atomic E-state index is 12.4. The number of amides is 1. The second-order valence-corrected chi connectivity index (χ2v) is 6.13. The highest BCUT2D eigenvalue weighted by atomic mass is 16.2. The Kier molecular flexibility index (Phi) is 4.22. The van der Waals surface area contributed by atoms with E-state index in [0.29, 0.717) is 16.8 Å². The third-order valence-corrected chi connectivity index (χ3v) is 4.50. The summed E-state index contributed by atoms with van der Waals surface area (Å²) >= 11 is 0. The van der Waals surface area contributed by atoms with Crippen molar-refractivity contribution in [2.24, 2.45) is 5.92 Å². The number of aromatic nitrogens is 2. The first-order valence-electron chi connectivity index (χ1n) is 7.88. The van der Waals surface area contributed by atoms with Crippen LogP contribution in [0.3, 0.4) is 0 Å². The molecule has 2 atom stereocenters. The van der Waals surface area contributed by atoms with Crippen molar-refractivity contribution < 1.29 is 4.79 Å². The molecule has 3 rings (SSSR count). The lowest BCUT2D eigenvalue weighted by Gasteiger charge is -2.29. The Hall–Kier alpha value is -2.17. The Morgan fingerprint density at radius 3 is 2.91 bits per heavy atom. The van der Waals surface area contributed by atoms with Crippen LogP contribution in [0.5, 0.6) is 0 Å². The predicted octanol–water partition coefficient (Wildman–Crippen LogP) is 2.09.